The van der Waals surface area contributed by atoms with Crippen molar-refractivity contribution in [2.24, 2.45) is 5.92 Å². The van der Waals surface area contributed by atoms with Gasteiger partial charge in [0.25, 0.3) is 0 Å². The van der Waals surface area contributed by atoms with Crippen molar-refractivity contribution in [2.45, 2.75) is 33.0 Å². The van der Waals surface area contributed by atoms with E-state index in [0.29, 0.717) is 24.6 Å². The van der Waals surface area contributed by atoms with Gasteiger partial charge in [0.2, 0.25) is 0 Å². The minimum absolute atomic E-state index is 0.00144. The van der Waals surface area contributed by atoms with Crippen molar-refractivity contribution in [3.63, 3.8) is 0 Å². The van der Waals surface area contributed by atoms with Gasteiger partial charge in [0.15, 0.2) is 10.6 Å². The molecule has 0 amide bonds. The number of esters is 1. The second kappa shape index (κ2) is 9.05. The highest BCUT2D eigenvalue weighted by atomic mass is 32.1. The van der Waals surface area contributed by atoms with Gasteiger partial charge in [0, 0.05) is 37.6 Å². The summed E-state index contributed by atoms with van der Waals surface area (Å²) in [5.74, 6) is 0.704. The molecule has 1 aliphatic heterocycles. The van der Waals surface area contributed by atoms with Gasteiger partial charge in [-0.3, -0.25) is 19.2 Å². The molecule has 0 bridgehead atoms. The molecule has 1 fully saturated rings. The van der Waals surface area contributed by atoms with E-state index in [0.717, 1.165) is 37.3 Å². The summed E-state index contributed by atoms with van der Waals surface area (Å²) >= 11 is 5.64. The molecule has 144 valence electrons. The molecule has 0 spiro atoms. The van der Waals surface area contributed by atoms with Crippen LogP contribution in [0.4, 0.5) is 0 Å². The molecule has 0 saturated carbocycles. The molecular weight excluding hydrogens is 362 g/mol. The quantitative estimate of drug-likeness (QED) is 0.413. The molecule has 2 aromatic rings. The van der Waals surface area contributed by atoms with Gasteiger partial charge in [-0.25, -0.2) is 4.68 Å². The zero-order chi connectivity index (χ0) is 19.2. The maximum Gasteiger partial charge on any atom is 0.309 e. The first-order valence-electron chi connectivity index (χ1n) is 9.22. The van der Waals surface area contributed by atoms with Gasteiger partial charge in [-0.1, -0.05) is 6.08 Å². The number of aromatic nitrogens is 4. The minimum Gasteiger partial charge on any atom is -0.466 e. The topological polar surface area (TPSA) is 65.2 Å². The Bertz CT molecular complexity index is 838. The van der Waals surface area contributed by atoms with Gasteiger partial charge in [-0.2, -0.15) is 5.10 Å². The summed E-state index contributed by atoms with van der Waals surface area (Å²) in [5, 5.41) is 4.73. The standard InChI is InChI=1S/C19H25N5O2S/c1-3-10-23-17(16-6-5-9-20-13-16)21-24(19(23)27)14-22-11-7-15(8-12-22)18(25)26-4-2/h3,5-6,9,13,15H,1,4,7-8,10-12,14H2,2H3. The lowest BCUT2D eigenvalue weighted by molar-refractivity contribution is -0.149. The van der Waals surface area contributed by atoms with E-state index in [1.54, 1.807) is 12.4 Å². The van der Waals surface area contributed by atoms with Gasteiger partial charge in [0.05, 0.1) is 19.2 Å². The molecule has 8 heteroatoms. The fourth-order valence-corrected chi connectivity index (χ4v) is 3.55. The van der Waals surface area contributed by atoms with Crippen LogP contribution in [0.25, 0.3) is 11.4 Å². The van der Waals surface area contributed by atoms with E-state index >= 15 is 0 Å². The molecule has 3 heterocycles. The minimum atomic E-state index is -0.0807. The molecule has 0 aliphatic carbocycles. The van der Waals surface area contributed by atoms with E-state index < -0.39 is 0 Å². The number of carbonyl (C=O) groups is 1. The zero-order valence-electron chi connectivity index (χ0n) is 15.6. The molecule has 3 rings (SSSR count). The Balaban J connectivity index is 1.74. The number of hydrogen-bond donors (Lipinski definition) is 0. The summed E-state index contributed by atoms with van der Waals surface area (Å²) < 4.78 is 9.59. The maximum atomic E-state index is 11.9. The summed E-state index contributed by atoms with van der Waals surface area (Å²) in [6.07, 6.45) is 6.93. The Morgan fingerprint density at radius 3 is 2.85 bits per heavy atom. The van der Waals surface area contributed by atoms with Crippen LogP contribution < -0.4 is 0 Å². The van der Waals surface area contributed by atoms with Crippen molar-refractivity contribution in [2.75, 3.05) is 19.7 Å². The average molecular weight is 388 g/mol. The molecule has 0 atom stereocenters. The van der Waals surface area contributed by atoms with Gasteiger partial charge in [-0.05, 0) is 44.1 Å². The third kappa shape index (κ3) is 4.51. The van der Waals surface area contributed by atoms with Crippen LogP contribution in [-0.2, 0) is 22.7 Å². The number of rotatable bonds is 7. The molecule has 2 aromatic heterocycles. The number of likely N-dealkylation sites (tertiary alicyclic amines) is 1. The number of carbonyl (C=O) groups excluding carboxylic acids is 1. The summed E-state index contributed by atoms with van der Waals surface area (Å²) in [6.45, 7) is 8.94. The smallest absolute Gasteiger partial charge is 0.309 e. The fraction of sp³-hybridized carbons (Fsp3) is 0.474. The van der Waals surface area contributed by atoms with E-state index in [2.05, 4.69) is 16.5 Å². The second-order valence-electron chi connectivity index (χ2n) is 6.53. The van der Waals surface area contributed by atoms with E-state index in [4.69, 9.17) is 22.1 Å². The predicted molar refractivity (Wildman–Crippen MR) is 105 cm³/mol. The second-order valence-corrected chi connectivity index (χ2v) is 6.90. The van der Waals surface area contributed by atoms with Crippen LogP contribution >= 0.6 is 12.2 Å². The first kappa shape index (κ1) is 19.4. The molecule has 0 N–H and O–H groups in total. The van der Waals surface area contributed by atoms with Crippen LogP contribution in [0.3, 0.4) is 0 Å². The Morgan fingerprint density at radius 2 is 2.22 bits per heavy atom. The third-order valence-corrected chi connectivity index (χ3v) is 5.13. The average Bonchev–Trinajstić information content (AvgIpc) is 2.99. The zero-order valence-corrected chi connectivity index (χ0v) is 16.4. The van der Waals surface area contributed by atoms with Crippen molar-refractivity contribution in [1.29, 1.82) is 0 Å². The summed E-state index contributed by atoms with van der Waals surface area (Å²) in [6, 6.07) is 3.86. The summed E-state index contributed by atoms with van der Waals surface area (Å²) in [5.41, 5.74) is 0.921. The van der Waals surface area contributed by atoms with Crippen molar-refractivity contribution >= 4 is 18.2 Å². The largest absolute Gasteiger partial charge is 0.466 e. The Hall–Kier alpha value is -2.32. The molecule has 1 saturated heterocycles. The van der Waals surface area contributed by atoms with E-state index in [1.165, 1.54) is 0 Å². The number of ether oxygens (including phenoxy) is 1. The van der Waals surface area contributed by atoms with Crippen molar-refractivity contribution < 1.29 is 9.53 Å². The van der Waals surface area contributed by atoms with Crippen LogP contribution in [0.1, 0.15) is 19.8 Å². The maximum absolute atomic E-state index is 11.9. The van der Waals surface area contributed by atoms with E-state index in [9.17, 15) is 4.79 Å². The Morgan fingerprint density at radius 1 is 1.44 bits per heavy atom. The van der Waals surface area contributed by atoms with Crippen LogP contribution in [-0.4, -0.2) is 49.9 Å². The first-order chi connectivity index (χ1) is 13.1. The van der Waals surface area contributed by atoms with Crippen molar-refractivity contribution in [1.82, 2.24) is 24.2 Å². The number of hydrogen-bond acceptors (Lipinski definition) is 6. The first-order valence-corrected chi connectivity index (χ1v) is 9.62. The molecule has 1 aliphatic rings. The molecule has 0 radical (unpaired) electrons. The molecule has 27 heavy (non-hydrogen) atoms. The van der Waals surface area contributed by atoms with Gasteiger partial charge in [0.1, 0.15) is 0 Å². The van der Waals surface area contributed by atoms with E-state index in [-0.39, 0.29) is 11.9 Å². The van der Waals surface area contributed by atoms with Crippen LogP contribution in [0.2, 0.25) is 0 Å². The lowest BCUT2D eigenvalue weighted by atomic mass is 9.97. The van der Waals surface area contributed by atoms with Gasteiger partial charge < -0.3 is 4.74 Å². The monoisotopic (exact) mass is 387 g/mol. The Labute approximate surface area is 164 Å². The number of allylic oxidation sites excluding steroid dienone is 1. The molecule has 0 aromatic carbocycles. The van der Waals surface area contributed by atoms with Crippen LogP contribution in [0.5, 0.6) is 0 Å². The molecule has 0 unspecified atom stereocenters. The van der Waals surface area contributed by atoms with E-state index in [1.807, 2.05) is 34.4 Å². The van der Waals surface area contributed by atoms with Crippen molar-refractivity contribution in [3.05, 3.63) is 42.0 Å². The summed E-state index contributed by atoms with van der Waals surface area (Å²) in [4.78, 5) is 18.3. The highest BCUT2D eigenvalue weighted by molar-refractivity contribution is 7.71. The highest BCUT2D eigenvalue weighted by Crippen LogP contribution is 2.21. The highest BCUT2D eigenvalue weighted by Gasteiger charge is 2.26. The predicted octanol–water partition coefficient (Wildman–Crippen LogP) is 2.89. The Kier molecular flexibility index (Phi) is 6.52. The van der Waals surface area contributed by atoms with Gasteiger partial charge >= 0.3 is 5.97 Å². The van der Waals surface area contributed by atoms with Crippen molar-refractivity contribution in [3.8, 4) is 11.4 Å². The fourth-order valence-electron chi connectivity index (χ4n) is 3.30. The SMILES string of the molecule is C=CCn1c(-c2cccnc2)nn(CN2CCC(C(=O)OCC)CC2)c1=S. The normalized spacial score (nSPS) is 15.6. The van der Waals surface area contributed by atoms with Crippen LogP contribution in [0.15, 0.2) is 37.2 Å². The van der Waals surface area contributed by atoms with Crippen LogP contribution in [0, 0.1) is 10.7 Å². The van der Waals surface area contributed by atoms with Gasteiger partial charge in [-0.15, -0.1) is 6.58 Å². The molecule has 7 nitrogen and oxygen atoms in total. The number of pyridine rings is 1. The lowest BCUT2D eigenvalue weighted by Gasteiger charge is -2.30. The third-order valence-electron chi connectivity index (χ3n) is 4.70. The lowest BCUT2D eigenvalue weighted by Crippen LogP contribution is -2.38. The number of piperidine rings is 1. The number of nitrogens with zero attached hydrogens (tertiary/aromatic N) is 5. The molecular formula is C19H25N5O2S. The summed E-state index contributed by atoms with van der Waals surface area (Å²) in [7, 11) is 0.